The van der Waals surface area contributed by atoms with Crippen molar-refractivity contribution in [2.45, 2.75) is 25.9 Å². The second-order valence-electron chi connectivity index (χ2n) is 5.44. The minimum absolute atomic E-state index is 0.308. The van der Waals surface area contributed by atoms with Gasteiger partial charge in [0.25, 0.3) is 0 Å². The molecule has 1 aromatic heterocycles. The maximum Gasteiger partial charge on any atom is 0.0547 e. The third kappa shape index (κ3) is 2.60. The fraction of sp³-hybridized carbons (Fsp3) is 0.353. The van der Waals surface area contributed by atoms with E-state index in [2.05, 4.69) is 46.3 Å². The number of nitrogens with two attached hydrogens (primary N) is 1. The molecule has 0 radical (unpaired) electrons. The molecular formula is C17H21N3. The van der Waals surface area contributed by atoms with Crippen LogP contribution in [0, 0.1) is 6.92 Å². The molecule has 1 aliphatic heterocycles. The number of hydrogen-bond donors (Lipinski definition) is 1. The smallest absolute Gasteiger partial charge is 0.0547 e. The number of hydrogen-bond acceptors (Lipinski definition) is 3. The Kier molecular flexibility index (Phi) is 3.81. The van der Waals surface area contributed by atoms with E-state index in [0.29, 0.717) is 12.6 Å². The van der Waals surface area contributed by atoms with E-state index in [1.54, 1.807) is 0 Å². The van der Waals surface area contributed by atoms with Crippen LogP contribution in [-0.4, -0.2) is 23.0 Å². The Hall–Kier alpha value is -1.71. The molecule has 0 saturated heterocycles. The third-order valence-electron chi connectivity index (χ3n) is 4.06. The quantitative estimate of drug-likeness (QED) is 0.929. The molecule has 2 aromatic rings. The normalized spacial score (nSPS) is 18.8. The number of fused-ring (bicyclic) bond motifs is 1. The Morgan fingerprint density at radius 3 is 2.85 bits per heavy atom. The van der Waals surface area contributed by atoms with Crippen molar-refractivity contribution in [1.29, 1.82) is 0 Å². The molecule has 0 aliphatic carbocycles. The molecule has 0 amide bonds. The number of rotatable bonds is 3. The molecule has 1 aromatic carbocycles. The molecule has 20 heavy (non-hydrogen) atoms. The molecule has 0 saturated carbocycles. The van der Waals surface area contributed by atoms with Crippen molar-refractivity contribution < 1.29 is 0 Å². The first-order valence-electron chi connectivity index (χ1n) is 7.22. The summed E-state index contributed by atoms with van der Waals surface area (Å²) in [5.41, 5.74) is 11.1. The van der Waals surface area contributed by atoms with E-state index in [1.807, 2.05) is 13.0 Å². The van der Waals surface area contributed by atoms with Gasteiger partial charge in [0.2, 0.25) is 0 Å². The molecule has 3 nitrogen and oxygen atoms in total. The standard InChI is InChI=1S/C17H21N3/c1-13-5-4-7-15(19-13)12-20-10-9-14-6-2-3-8-16(14)17(20)11-18/h2-8,17H,9-12,18H2,1H3. The molecule has 1 atom stereocenters. The van der Waals surface area contributed by atoms with Crippen molar-refractivity contribution in [2.75, 3.05) is 13.1 Å². The van der Waals surface area contributed by atoms with Crippen LogP contribution in [-0.2, 0) is 13.0 Å². The molecule has 1 aliphatic rings. The minimum Gasteiger partial charge on any atom is -0.329 e. The summed E-state index contributed by atoms with van der Waals surface area (Å²) in [7, 11) is 0. The lowest BCUT2D eigenvalue weighted by Gasteiger charge is -2.36. The van der Waals surface area contributed by atoms with E-state index < -0.39 is 0 Å². The third-order valence-corrected chi connectivity index (χ3v) is 4.06. The van der Waals surface area contributed by atoms with Gasteiger partial charge in [0, 0.05) is 31.4 Å². The number of nitrogens with zero attached hydrogens (tertiary/aromatic N) is 2. The van der Waals surface area contributed by atoms with E-state index in [0.717, 1.165) is 30.9 Å². The van der Waals surface area contributed by atoms with Crippen molar-refractivity contribution in [3.05, 3.63) is 65.0 Å². The van der Waals surface area contributed by atoms with Crippen LogP contribution in [0.1, 0.15) is 28.6 Å². The first-order valence-corrected chi connectivity index (χ1v) is 7.22. The van der Waals surface area contributed by atoms with E-state index in [4.69, 9.17) is 5.73 Å². The van der Waals surface area contributed by atoms with Crippen LogP contribution in [0.5, 0.6) is 0 Å². The zero-order valence-electron chi connectivity index (χ0n) is 11.9. The van der Waals surface area contributed by atoms with Crippen molar-refractivity contribution in [3.63, 3.8) is 0 Å². The summed E-state index contributed by atoms with van der Waals surface area (Å²) in [6.45, 7) is 4.62. The van der Waals surface area contributed by atoms with Crippen LogP contribution < -0.4 is 5.73 Å². The fourth-order valence-electron chi connectivity index (χ4n) is 3.06. The molecule has 2 N–H and O–H groups in total. The second kappa shape index (κ2) is 5.73. The van der Waals surface area contributed by atoms with Gasteiger partial charge in [0.15, 0.2) is 0 Å². The van der Waals surface area contributed by atoms with Gasteiger partial charge in [-0.2, -0.15) is 0 Å². The Bertz CT molecular complexity index is 594. The number of aryl methyl sites for hydroxylation is 1. The molecule has 0 spiro atoms. The average Bonchev–Trinajstić information content (AvgIpc) is 2.47. The second-order valence-corrected chi connectivity index (χ2v) is 5.44. The monoisotopic (exact) mass is 267 g/mol. The number of aromatic nitrogens is 1. The van der Waals surface area contributed by atoms with Gasteiger partial charge in [0.05, 0.1) is 5.69 Å². The largest absolute Gasteiger partial charge is 0.329 e. The minimum atomic E-state index is 0.308. The summed E-state index contributed by atoms with van der Waals surface area (Å²) >= 11 is 0. The molecule has 0 bridgehead atoms. The molecule has 0 fully saturated rings. The number of benzene rings is 1. The van der Waals surface area contributed by atoms with Crippen molar-refractivity contribution in [1.82, 2.24) is 9.88 Å². The fourth-order valence-corrected chi connectivity index (χ4v) is 3.06. The van der Waals surface area contributed by atoms with Gasteiger partial charge in [-0.3, -0.25) is 9.88 Å². The van der Waals surface area contributed by atoms with Crippen molar-refractivity contribution >= 4 is 0 Å². The molecular weight excluding hydrogens is 246 g/mol. The molecule has 104 valence electrons. The highest BCUT2D eigenvalue weighted by atomic mass is 15.2. The summed E-state index contributed by atoms with van der Waals surface area (Å²) in [6, 6.07) is 15.2. The SMILES string of the molecule is Cc1cccc(CN2CCc3ccccc3C2CN)n1. The Morgan fingerprint density at radius 1 is 1.20 bits per heavy atom. The highest BCUT2D eigenvalue weighted by Crippen LogP contribution is 2.29. The summed E-state index contributed by atoms with van der Waals surface area (Å²) < 4.78 is 0. The topological polar surface area (TPSA) is 42.1 Å². The molecule has 3 heteroatoms. The molecule has 1 unspecified atom stereocenters. The lowest BCUT2D eigenvalue weighted by Crippen LogP contribution is -2.39. The predicted molar refractivity (Wildman–Crippen MR) is 81.3 cm³/mol. The molecule has 3 rings (SSSR count). The maximum atomic E-state index is 6.03. The summed E-state index contributed by atoms with van der Waals surface area (Å²) in [4.78, 5) is 7.06. The average molecular weight is 267 g/mol. The van der Waals surface area contributed by atoms with Gasteiger partial charge in [-0.15, -0.1) is 0 Å². The van der Waals surface area contributed by atoms with Crippen LogP contribution >= 0.6 is 0 Å². The highest BCUT2D eigenvalue weighted by Gasteiger charge is 2.26. The van der Waals surface area contributed by atoms with E-state index >= 15 is 0 Å². The zero-order chi connectivity index (χ0) is 13.9. The van der Waals surface area contributed by atoms with Crippen LogP contribution in [0.25, 0.3) is 0 Å². The van der Waals surface area contributed by atoms with Crippen LogP contribution in [0.3, 0.4) is 0 Å². The van der Waals surface area contributed by atoms with Gasteiger partial charge in [-0.1, -0.05) is 30.3 Å². The van der Waals surface area contributed by atoms with Crippen molar-refractivity contribution in [3.8, 4) is 0 Å². The van der Waals surface area contributed by atoms with Gasteiger partial charge in [0.1, 0.15) is 0 Å². The van der Waals surface area contributed by atoms with Crippen LogP contribution in [0.2, 0.25) is 0 Å². The summed E-state index contributed by atoms with van der Waals surface area (Å²) in [6.07, 6.45) is 1.10. The van der Waals surface area contributed by atoms with Gasteiger partial charge >= 0.3 is 0 Å². The lowest BCUT2D eigenvalue weighted by atomic mass is 9.92. The van der Waals surface area contributed by atoms with E-state index in [1.165, 1.54) is 11.1 Å². The Balaban J connectivity index is 1.84. The first kappa shape index (κ1) is 13.3. The summed E-state index contributed by atoms with van der Waals surface area (Å²) in [5, 5.41) is 0. The Labute approximate surface area is 120 Å². The first-order chi connectivity index (χ1) is 9.78. The highest BCUT2D eigenvalue weighted by molar-refractivity contribution is 5.33. The van der Waals surface area contributed by atoms with Gasteiger partial charge in [-0.25, -0.2) is 0 Å². The van der Waals surface area contributed by atoms with Crippen LogP contribution in [0.4, 0.5) is 0 Å². The van der Waals surface area contributed by atoms with E-state index in [9.17, 15) is 0 Å². The number of pyridine rings is 1. The maximum absolute atomic E-state index is 6.03. The van der Waals surface area contributed by atoms with Gasteiger partial charge in [-0.05, 0) is 36.6 Å². The summed E-state index contributed by atoms with van der Waals surface area (Å²) in [5.74, 6) is 0. The molecule has 2 heterocycles. The lowest BCUT2D eigenvalue weighted by molar-refractivity contribution is 0.178. The predicted octanol–water partition coefficient (Wildman–Crippen LogP) is 2.45. The Morgan fingerprint density at radius 2 is 2.05 bits per heavy atom. The van der Waals surface area contributed by atoms with Crippen LogP contribution in [0.15, 0.2) is 42.5 Å². The van der Waals surface area contributed by atoms with Gasteiger partial charge < -0.3 is 5.73 Å². The zero-order valence-corrected chi connectivity index (χ0v) is 11.9. The van der Waals surface area contributed by atoms with Crippen molar-refractivity contribution in [2.24, 2.45) is 5.73 Å². The van der Waals surface area contributed by atoms with E-state index in [-0.39, 0.29) is 0 Å².